The Hall–Kier alpha value is -3.97. The molecule has 0 fully saturated rings. The molecule has 2 aromatic heterocycles. The molecule has 0 saturated carbocycles. The number of fused-ring (bicyclic) bond motifs is 1. The number of nitrogens with zero attached hydrogens (tertiary/aromatic N) is 3. The molecule has 31 heavy (non-hydrogen) atoms. The summed E-state index contributed by atoms with van der Waals surface area (Å²) < 4.78 is 6.56. The zero-order chi connectivity index (χ0) is 21.4. The zero-order valence-electron chi connectivity index (χ0n) is 16.1. The van der Waals surface area contributed by atoms with Crippen LogP contribution in [0, 0.1) is 0 Å². The number of aromatic amines is 1. The van der Waals surface area contributed by atoms with E-state index in [1.165, 1.54) is 4.57 Å². The summed E-state index contributed by atoms with van der Waals surface area (Å²) in [5.74, 6) is 0.610. The summed E-state index contributed by atoms with van der Waals surface area (Å²) in [5, 5.41) is 4.90. The first-order valence-electron chi connectivity index (χ1n) is 9.50. The Balaban J connectivity index is 1.54. The van der Waals surface area contributed by atoms with Gasteiger partial charge in [-0.25, -0.2) is 4.79 Å². The first-order chi connectivity index (χ1) is 15.1. The molecule has 0 atom stereocenters. The molecule has 0 unspecified atom stereocenters. The Morgan fingerprint density at radius 1 is 0.968 bits per heavy atom. The van der Waals surface area contributed by atoms with Gasteiger partial charge in [0.2, 0.25) is 5.82 Å². The Bertz CT molecular complexity index is 1520. The maximum absolute atomic E-state index is 12.9. The van der Waals surface area contributed by atoms with Gasteiger partial charge in [0.15, 0.2) is 0 Å². The molecule has 1 N–H and O–H groups in total. The number of rotatable bonds is 4. The molecule has 7 nitrogen and oxygen atoms in total. The summed E-state index contributed by atoms with van der Waals surface area (Å²) in [4.78, 5) is 32.7. The molecule has 0 aliphatic heterocycles. The number of benzene rings is 3. The normalized spacial score (nSPS) is 11.1. The minimum absolute atomic E-state index is 0.192. The summed E-state index contributed by atoms with van der Waals surface area (Å²) in [6.45, 7) is 0.192. The van der Waals surface area contributed by atoms with Crippen molar-refractivity contribution in [3.05, 3.63) is 104 Å². The van der Waals surface area contributed by atoms with Crippen LogP contribution in [0.3, 0.4) is 0 Å². The van der Waals surface area contributed by atoms with Crippen molar-refractivity contribution in [2.75, 3.05) is 0 Å². The van der Waals surface area contributed by atoms with Gasteiger partial charge < -0.3 is 9.51 Å². The van der Waals surface area contributed by atoms with Gasteiger partial charge >= 0.3 is 5.69 Å². The maximum Gasteiger partial charge on any atom is 0.329 e. The van der Waals surface area contributed by atoms with Gasteiger partial charge in [-0.3, -0.25) is 9.36 Å². The average molecular weight is 431 g/mol. The molecule has 0 aliphatic carbocycles. The minimum atomic E-state index is -0.485. The molecule has 0 aliphatic rings. The van der Waals surface area contributed by atoms with Crippen LogP contribution in [0.2, 0.25) is 5.02 Å². The van der Waals surface area contributed by atoms with Gasteiger partial charge in [0.25, 0.3) is 11.4 Å². The number of halogens is 1. The molecule has 5 aromatic rings. The lowest BCUT2D eigenvalue weighted by molar-refractivity contribution is 0.432. The molecule has 0 spiro atoms. The van der Waals surface area contributed by atoms with Crippen molar-refractivity contribution in [1.82, 2.24) is 19.7 Å². The Kier molecular flexibility index (Phi) is 4.72. The molecule has 2 heterocycles. The van der Waals surface area contributed by atoms with Gasteiger partial charge in [0.05, 0.1) is 22.5 Å². The standard InChI is InChI=1S/C23H15ClN4O3/c24-18-9-5-4-8-16(18)20-26-21(31-27-20)15-10-11-17-19(12-15)25-23(30)28(22(17)29)13-14-6-2-1-3-7-14/h1-12H,13H2,(H,25,30). The van der Waals surface area contributed by atoms with Gasteiger partial charge in [0.1, 0.15) is 0 Å². The van der Waals surface area contributed by atoms with Gasteiger partial charge in [-0.15, -0.1) is 0 Å². The zero-order valence-corrected chi connectivity index (χ0v) is 16.8. The fourth-order valence-corrected chi connectivity index (χ4v) is 3.61. The van der Waals surface area contributed by atoms with Gasteiger partial charge in [-0.05, 0) is 35.9 Å². The first kappa shape index (κ1) is 19.0. The Morgan fingerprint density at radius 2 is 1.74 bits per heavy atom. The molecule has 0 saturated heterocycles. The van der Waals surface area contributed by atoms with Crippen molar-refractivity contribution in [3.8, 4) is 22.8 Å². The number of hydrogen-bond donors (Lipinski definition) is 1. The molecule has 0 radical (unpaired) electrons. The molecular formula is C23H15ClN4O3. The van der Waals surface area contributed by atoms with E-state index in [0.29, 0.717) is 32.9 Å². The Labute approximate surface area is 180 Å². The fourth-order valence-electron chi connectivity index (χ4n) is 3.39. The fraction of sp³-hybridized carbons (Fsp3) is 0.0435. The predicted octanol–water partition coefficient (Wildman–Crippen LogP) is 4.11. The van der Waals surface area contributed by atoms with Crippen LogP contribution in [0.15, 0.2) is 86.9 Å². The minimum Gasteiger partial charge on any atom is -0.334 e. The largest absolute Gasteiger partial charge is 0.334 e. The molecule has 8 heteroatoms. The van der Waals surface area contributed by atoms with E-state index in [1.54, 1.807) is 30.3 Å². The second-order valence-electron chi connectivity index (χ2n) is 6.97. The number of hydrogen-bond acceptors (Lipinski definition) is 5. The van der Waals surface area contributed by atoms with Gasteiger partial charge in [-0.1, -0.05) is 59.2 Å². The van der Waals surface area contributed by atoms with E-state index < -0.39 is 5.69 Å². The Morgan fingerprint density at radius 3 is 2.55 bits per heavy atom. The van der Waals surface area contributed by atoms with Crippen molar-refractivity contribution in [2.45, 2.75) is 6.54 Å². The SMILES string of the molecule is O=c1[nH]c2cc(-c3nc(-c4ccccc4Cl)no3)ccc2c(=O)n1Cc1ccccc1. The molecule has 0 amide bonds. The highest BCUT2D eigenvalue weighted by Gasteiger charge is 2.15. The molecule has 152 valence electrons. The van der Waals surface area contributed by atoms with Crippen molar-refractivity contribution in [1.29, 1.82) is 0 Å². The highest BCUT2D eigenvalue weighted by Crippen LogP contribution is 2.28. The van der Waals surface area contributed by atoms with E-state index in [-0.39, 0.29) is 18.0 Å². The lowest BCUT2D eigenvalue weighted by Gasteiger charge is -2.07. The van der Waals surface area contributed by atoms with Crippen LogP contribution in [-0.4, -0.2) is 19.7 Å². The van der Waals surface area contributed by atoms with Crippen LogP contribution in [0.5, 0.6) is 0 Å². The molecule has 3 aromatic carbocycles. The molecule has 0 bridgehead atoms. The second kappa shape index (κ2) is 7.70. The van der Waals surface area contributed by atoms with E-state index in [0.717, 1.165) is 5.56 Å². The van der Waals surface area contributed by atoms with E-state index in [1.807, 2.05) is 42.5 Å². The average Bonchev–Trinajstić information content (AvgIpc) is 3.27. The van der Waals surface area contributed by atoms with Crippen molar-refractivity contribution < 1.29 is 4.52 Å². The van der Waals surface area contributed by atoms with Gasteiger partial charge in [-0.2, -0.15) is 4.98 Å². The van der Waals surface area contributed by atoms with Crippen LogP contribution in [-0.2, 0) is 6.54 Å². The quantitative estimate of drug-likeness (QED) is 0.463. The lowest BCUT2D eigenvalue weighted by atomic mass is 10.1. The summed E-state index contributed by atoms with van der Waals surface area (Å²) in [6.07, 6.45) is 0. The number of aromatic nitrogens is 4. The summed E-state index contributed by atoms with van der Waals surface area (Å²) in [5.41, 5.74) is 1.64. The summed E-state index contributed by atoms with van der Waals surface area (Å²) in [6, 6.07) is 21.5. The molecule has 5 rings (SSSR count). The van der Waals surface area contributed by atoms with Crippen molar-refractivity contribution in [2.24, 2.45) is 0 Å². The number of H-pyrrole nitrogens is 1. The second-order valence-corrected chi connectivity index (χ2v) is 7.38. The predicted molar refractivity (Wildman–Crippen MR) is 118 cm³/mol. The topological polar surface area (TPSA) is 93.8 Å². The first-order valence-corrected chi connectivity index (χ1v) is 9.88. The third-order valence-corrected chi connectivity index (χ3v) is 5.28. The van der Waals surface area contributed by atoms with Crippen molar-refractivity contribution >= 4 is 22.5 Å². The van der Waals surface area contributed by atoms with Crippen LogP contribution in [0.25, 0.3) is 33.7 Å². The van der Waals surface area contributed by atoms with E-state index in [2.05, 4.69) is 15.1 Å². The van der Waals surface area contributed by atoms with E-state index in [9.17, 15) is 9.59 Å². The highest BCUT2D eigenvalue weighted by molar-refractivity contribution is 6.33. The van der Waals surface area contributed by atoms with E-state index >= 15 is 0 Å². The summed E-state index contributed by atoms with van der Waals surface area (Å²) >= 11 is 6.20. The van der Waals surface area contributed by atoms with Crippen LogP contribution >= 0.6 is 11.6 Å². The highest BCUT2D eigenvalue weighted by atomic mass is 35.5. The van der Waals surface area contributed by atoms with Crippen molar-refractivity contribution in [3.63, 3.8) is 0 Å². The number of nitrogens with one attached hydrogen (secondary N) is 1. The van der Waals surface area contributed by atoms with Crippen LogP contribution < -0.4 is 11.2 Å². The smallest absolute Gasteiger partial charge is 0.329 e. The van der Waals surface area contributed by atoms with Crippen LogP contribution in [0.1, 0.15) is 5.56 Å². The maximum atomic E-state index is 12.9. The van der Waals surface area contributed by atoms with Gasteiger partial charge in [0, 0.05) is 11.1 Å². The molecular weight excluding hydrogens is 416 g/mol. The third kappa shape index (κ3) is 3.55. The van der Waals surface area contributed by atoms with E-state index in [4.69, 9.17) is 16.1 Å². The van der Waals surface area contributed by atoms with Crippen LogP contribution in [0.4, 0.5) is 0 Å². The summed E-state index contributed by atoms with van der Waals surface area (Å²) in [7, 11) is 0. The monoisotopic (exact) mass is 430 g/mol. The third-order valence-electron chi connectivity index (χ3n) is 4.95. The lowest BCUT2D eigenvalue weighted by Crippen LogP contribution is -2.35.